The van der Waals surface area contributed by atoms with Gasteiger partial charge in [0, 0.05) is 12.4 Å². The van der Waals surface area contributed by atoms with Crippen LogP contribution >= 0.6 is 0 Å². The fourth-order valence-corrected chi connectivity index (χ4v) is 1.31. The second-order valence-electron chi connectivity index (χ2n) is 3.24. The number of aromatic nitrogens is 2. The lowest BCUT2D eigenvalue weighted by molar-refractivity contribution is 0.0690. The van der Waals surface area contributed by atoms with Crippen LogP contribution in [0.5, 0.6) is 0 Å². The molecule has 2 heterocycles. The largest absolute Gasteiger partial charge is 0.477 e. The van der Waals surface area contributed by atoms with E-state index in [0.29, 0.717) is 12.2 Å². The average Bonchev–Trinajstić information content (AvgIpc) is 2.79. The number of hydrogen-bond acceptors (Lipinski definition) is 3. The zero-order chi connectivity index (χ0) is 11.4. The number of nitrogens with zero attached hydrogens (tertiary/aromatic N) is 2. The van der Waals surface area contributed by atoms with Crippen LogP contribution in [0, 0.1) is 0 Å². The molecule has 0 amide bonds. The van der Waals surface area contributed by atoms with Crippen LogP contribution < -0.4 is 5.43 Å². The molecule has 0 aliphatic rings. The van der Waals surface area contributed by atoms with E-state index in [0.717, 1.165) is 0 Å². The third-order valence-corrected chi connectivity index (χ3v) is 2.07. The van der Waals surface area contributed by atoms with E-state index in [1.807, 2.05) is 24.5 Å². The smallest absolute Gasteiger partial charge is 0.354 e. The first-order valence-corrected chi connectivity index (χ1v) is 4.82. The van der Waals surface area contributed by atoms with Crippen LogP contribution in [0.1, 0.15) is 16.2 Å². The van der Waals surface area contributed by atoms with Crippen LogP contribution in [-0.4, -0.2) is 20.7 Å². The first kappa shape index (κ1) is 10.2. The quantitative estimate of drug-likeness (QED) is 0.810. The zero-order valence-corrected chi connectivity index (χ0v) is 8.50. The van der Waals surface area contributed by atoms with Crippen molar-refractivity contribution >= 4 is 5.97 Å². The van der Waals surface area contributed by atoms with E-state index in [1.165, 1.54) is 6.07 Å². The van der Waals surface area contributed by atoms with E-state index in [1.54, 1.807) is 16.8 Å². The molecule has 0 bridgehead atoms. The van der Waals surface area contributed by atoms with Gasteiger partial charge in [0.2, 0.25) is 0 Å². The van der Waals surface area contributed by atoms with Gasteiger partial charge in [0.1, 0.15) is 5.69 Å². The Hall–Kier alpha value is -2.30. The Labute approximate surface area is 92.3 Å². The van der Waals surface area contributed by atoms with Gasteiger partial charge in [0.15, 0.2) is 0 Å². The van der Waals surface area contributed by atoms with E-state index in [9.17, 15) is 4.79 Å². The molecule has 2 rings (SSSR count). The first-order valence-electron chi connectivity index (χ1n) is 4.82. The lowest BCUT2D eigenvalue weighted by atomic mass is 10.3. The van der Waals surface area contributed by atoms with Gasteiger partial charge < -0.3 is 10.5 Å². The highest BCUT2D eigenvalue weighted by Crippen LogP contribution is 2.00. The highest BCUT2D eigenvalue weighted by Gasteiger charge is 2.04. The number of hydrogen-bond donors (Lipinski definition) is 2. The molecule has 0 saturated carbocycles. The number of nitrogens with one attached hydrogen (secondary N) is 1. The number of pyridine rings is 1. The Kier molecular flexibility index (Phi) is 2.86. The van der Waals surface area contributed by atoms with Crippen LogP contribution in [0.4, 0.5) is 0 Å². The summed E-state index contributed by atoms with van der Waals surface area (Å²) in [7, 11) is 0. The first-order chi connectivity index (χ1) is 7.75. The number of carboxylic acid groups (broad SMARTS) is 1. The fourth-order valence-electron chi connectivity index (χ4n) is 1.31. The third kappa shape index (κ3) is 2.38. The summed E-state index contributed by atoms with van der Waals surface area (Å²) in [5.41, 5.74) is 3.82. The molecule has 0 fully saturated rings. The normalized spacial score (nSPS) is 10.0. The minimum Gasteiger partial charge on any atom is -0.477 e. The molecule has 16 heavy (non-hydrogen) atoms. The molecule has 82 valence electrons. The number of carbonyl (C=O) groups is 1. The summed E-state index contributed by atoms with van der Waals surface area (Å²) < 4.78 is 1.79. The fraction of sp³-hybridized carbons (Fsp3) is 0.0909. The van der Waals surface area contributed by atoms with Gasteiger partial charge >= 0.3 is 5.97 Å². The molecule has 0 unspecified atom stereocenters. The van der Waals surface area contributed by atoms with Gasteiger partial charge in [-0.1, -0.05) is 6.07 Å². The SMILES string of the molecule is O=C(O)c1cccc(CNn2cccc2)n1. The highest BCUT2D eigenvalue weighted by molar-refractivity contribution is 5.85. The van der Waals surface area contributed by atoms with Crippen molar-refractivity contribution in [3.05, 3.63) is 54.1 Å². The van der Waals surface area contributed by atoms with Crippen molar-refractivity contribution in [1.82, 2.24) is 9.66 Å². The van der Waals surface area contributed by atoms with Crippen molar-refractivity contribution in [1.29, 1.82) is 0 Å². The maximum atomic E-state index is 10.7. The van der Waals surface area contributed by atoms with Crippen molar-refractivity contribution in [2.75, 3.05) is 5.43 Å². The minimum atomic E-state index is -1.01. The Bertz CT molecular complexity index is 480. The molecule has 0 saturated heterocycles. The second-order valence-corrected chi connectivity index (χ2v) is 3.24. The molecule has 2 N–H and O–H groups in total. The van der Waals surface area contributed by atoms with Gasteiger partial charge in [0.05, 0.1) is 12.2 Å². The zero-order valence-electron chi connectivity index (χ0n) is 8.50. The van der Waals surface area contributed by atoms with Gasteiger partial charge in [-0.3, -0.25) is 4.68 Å². The molecule has 0 aromatic carbocycles. The number of aromatic carboxylic acids is 1. The van der Waals surface area contributed by atoms with E-state index < -0.39 is 5.97 Å². The summed E-state index contributed by atoms with van der Waals surface area (Å²) in [4.78, 5) is 14.7. The molecule has 2 aromatic heterocycles. The summed E-state index contributed by atoms with van der Waals surface area (Å²) in [5, 5.41) is 8.77. The monoisotopic (exact) mass is 217 g/mol. The van der Waals surface area contributed by atoms with Crippen molar-refractivity contribution in [2.24, 2.45) is 0 Å². The lowest BCUT2D eigenvalue weighted by Gasteiger charge is -2.06. The third-order valence-electron chi connectivity index (χ3n) is 2.07. The Morgan fingerprint density at radius 2 is 2.06 bits per heavy atom. The lowest BCUT2D eigenvalue weighted by Crippen LogP contribution is -2.13. The van der Waals surface area contributed by atoms with Gasteiger partial charge in [-0.2, -0.15) is 0 Å². The van der Waals surface area contributed by atoms with Crippen molar-refractivity contribution < 1.29 is 9.90 Å². The summed E-state index contributed by atoms with van der Waals surface area (Å²) in [6.07, 6.45) is 3.72. The highest BCUT2D eigenvalue weighted by atomic mass is 16.4. The maximum absolute atomic E-state index is 10.7. The molecule has 0 spiro atoms. The molecule has 5 heteroatoms. The van der Waals surface area contributed by atoms with Crippen LogP contribution in [0.25, 0.3) is 0 Å². The summed E-state index contributed by atoms with van der Waals surface area (Å²) in [6, 6.07) is 8.73. The van der Waals surface area contributed by atoms with E-state index in [4.69, 9.17) is 5.11 Å². The van der Waals surface area contributed by atoms with Gasteiger partial charge in [0.25, 0.3) is 0 Å². The van der Waals surface area contributed by atoms with Crippen molar-refractivity contribution in [3.8, 4) is 0 Å². The summed E-state index contributed by atoms with van der Waals surface area (Å²) >= 11 is 0. The molecular formula is C11H11N3O2. The Morgan fingerprint density at radius 3 is 2.75 bits per heavy atom. The Balaban J connectivity index is 2.04. The van der Waals surface area contributed by atoms with Crippen LogP contribution in [0.15, 0.2) is 42.7 Å². The number of rotatable bonds is 4. The summed E-state index contributed by atoms with van der Waals surface area (Å²) in [5.74, 6) is -1.01. The van der Waals surface area contributed by atoms with Crippen LogP contribution in [0.2, 0.25) is 0 Å². The maximum Gasteiger partial charge on any atom is 0.354 e. The Morgan fingerprint density at radius 1 is 1.31 bits per heavy atom. The van der Waals surface area contributed by atoms with Gasteiger partial charge in [-0.25, -0.2) is 9.78 Å². The second kappa shape index (κ2) is 4.48. The molecule has 5 nitrogen and oxygen atoms in total. The van der Waals surface area contributed by atoms with E-state index in [2.05, 4.69) is 10.4 Å². The van der Waals surface area contributed by atoms with E-state index >= 15 is 0 Å². The predicted molar refractivity (Wildman–Crippen MR) is 58.7 cm³/mol. The van der Waals surface area contributed by atoms with Gasteiger partial charge in [-0.15, -0.1) is 0 Å². The molecular weight excluding hydrogens is 206 g/mol. The average molecular weight is 217 g/mol. The molecule has 2 aromatic rings. The molecule has 0 atom stereocenters. The number of carboxylic acids is 1. The molecule has 0 radical (unpaired) electrons. The predicted octanol–water partition coefficient (Wildman–Crippen LogP) is 1.32. The topological polar surface area (TPSA) is 67.2 Å². The van der Waals surface area contributed by atoms with Crippen molar-refractivity contribution in [2.45, 2.75) is 6.54 Å². The minimum absolute atomic E-state index is 0.0619. The standard InChI is InChI=1S/C11H11N3O2/c15-11(16)10-5-3-4-9(13-10)8-12-14-6-1-2-7-14/h1-7,12H,8H2,(H,15,16). The van der Waals surface area contributed by atoms with Crippen LogP contribution in [0.3, 0.4) is 0 Å². The van der Waals surface area contributed by atoms with Crippen molar-refractivity contribution in [3.63, 3.8) is 0 Å². The van der Waals surface area contributed by atoms with Gasteiger partial charge in [-0.05, 0) is 24.3 Å². The molecule has 0 aliphatic carbocycles. The van der Waals surface area contributed by atoms with Crippen LogP contribution in [-0.2, 0) is 6.54 Å². The summed E-state index contributed by atoms with van der Waals surface area (Å²) in [6.45, 7) is 0.482. The molecule has 0 aliphatic heterocycles. The van der Waals surface area contributed by atoms with E-state index in [-0.39, 0.29) is 5.69 Å².